The number of hydrogen-bond acceptors (Lipinski definition) is 2. The van der Waals surface area contributed by atoms with Gasteiger partial charge in [0.25, 0.3) is 0 Å². The van der Waals surface area contributed by atoms with Crippen molar-refractivity contribution in [3.05, 3.63) is 52.5 Å². The minimum atomic E-state index is 0.146. The molecule has 1 nitrogen and oxygen atoms in total. The molecular formula is C13H11Br3ClNS. The lowest BCUT2D eigenvalue weighted by Crippen LogP contribution is -2.21. The normalized spacial score (nSPS) is 12.7. The van der Waals surface area contributed by atoms with E-state index in [0.717, 1.165) is 24.3 Å². The van der Waals surface area contributed by atoms with Crippen LogP contribution in [0.2, 0.25) is 4.34 Å². The predicted octanol–water partition coefficient (Wildman–Crippen LogP) is 6.39. The summed E-state index contributed by atoms with van der Waals surface area (Å²) in [4.78, 5) is 1.20. The topological polar surface area (TPSA) is 12.0 Å². The highest BCUT2D eigenvalue weighted by Gasteiger charge is 2.18. The molecular weight excluding hydrogens is 477 g/mol. The van der Waals surface area contributed by atoms with E-state index >= 15 is 0 Å². The Bertz CT molecular complexity index is 546. The lowest BCUT2D eigenvalue weighted by Gasteiger charge is -2.17. The Hall–Kier alpha value is 0.610. The van der Waals surface area contributed by atoms with Crippen LogP contribution in [0, 0.1) is 0 Å². The second-order valence-electron chi connectivity index (χ2n) is 3.96. The molecule has 0 saturated carbocycles. The average molecular weight is 488 g/mol. The van der Waals surface area contributed by atoms with Gasteiger partial charge < -0.3 is 5.32 Å². The molecule has 0 bridgehead atoms. The van der Waals surface area contributed by atoms with Crippen LogP contribution in [-0.4, -0.2) is 6.54 Å². The quantitative estimate of drug-likeness (QED) is 0.526. The fraction of sp³-hybridized carbons (Fsp3) is 0.231. The van der Waals surface area contributed by atoms with Crippen LogP contribution in [0.25, 0.3) is 0 Å². The van der Waals surface area contributed by atoms with Crippen LogP contribution in [0.1, 0.15) is 23.4 Å². The van der Waals surface area contributed by atoms with Gasteiger partial charge in [-0.05, 0) is 52.3 Å². The maximum atomic E-state index is 6.15. The highest BCUT2D eigenvalue weighted by atomic mass is 79.9. The summed E-state index contributed by atoms with van der Waals surface area (Å²) in [6.07, 6.45) is 0. The third kappa shape index (κ3) is 4.05. The molecule has 1 aromatic heterocycles. The van der Waals surface area contributed by atoms with E-state index in [1.165, 1.54) is 10.4 Å². The van der Waals surface area contributed by atoms with Crippen LogP contribution >= 0.6 is 70.7 Å². The molecule has 2 aromatic rings. The molecule has 0 fully saturated rings. The zero-order valence-electron chi connectivity index (χ0n) is 10.0. The molecule has 0 radical (unpaired) electrons. The molecule has 0 aliphatic heterocycles. The summed E-state index contributed by atoms with van der Waals surface area (Å²) >= 11 is 18.3. The highest BCUT2D eigenvalue weighted by molar-refractivity contribution is 9.11. The lowest BCUT2D eigenvalue weighted by molar-refractivity contribution is 0.639. The van der Waals surface area contributed by atoms with Crippen molar-refractivity contribution in [1.82, 2.24) is 5.32 Å². The third-order valence-corrected chi connectivity index (χ3v) is 6.03. The minimum absolute atomic E-state index is 0.146. The molecule has 1 heterocycles. The zero-order chi connectivity index (χ0) is 14.0. The molecule has 0 amide bonds. The van der Waals surface area contributed by atoms with Gasteiger partial charge in [-0.25, -0.2) is 0 Å². The van der Waals surface area contributed by atoms with E-state index in [2.05, 4.69) is 78.2 Å². The number of hydrogen-bond donors (Lipinski definition) is 1. The van der Waals surface area contributed by atoms with Crippen molar-refractivity contribution in [3.63, 3.8) is 0 Å². The van der Waals surface area contributed by atoms with Crippen LogP contribution < -0.4 is 5.32 Å². The molecule has 19 heavy (non-hydrogen) atoms. The number of halogens is 4. The van der Waals surface area contributed by atoms with Gasteiger partial charge >= 0.3 is 0 Å². The Morgan fingerprint density at radius 2 is 1.79 bits per heavy atom. The number of thiophene rings is 1. The summed E-state index contributed by atoms with van der Waals surface area (Å²) in [7, 11) is 0. The van der Waals surface area contributed by atoms with Crippen molar-refractivity contribution in [3.8, 4) is 0 Å². The second kappa shape index (κ2) is 7.05. The highest BCUT2D eigenvalue weighted by Crippen LogP contribution is 2.38. The van der Waals surface area contributed by atoms with E-state index in [-0.39, 0.29) is 6.04 Å². The molecule has 2 rings (SSSR count). The molecule has 102 valence electrons. The number of benzene rings is 1. The van der Waals surface area contributed by atoms with Gasteiger partial charge in [0.2, 0.25) is 0 Å². The molecule has 1 N–H and O–H groups in total. The van der Waals surface area contributed by atoms with Gasteiger partial charge in [0.05, 0.1) is 6.04 Å². The predicted molar refractivity (Wildman–Crippen MR) is 94.4 cm³/mol. The van der Waals surface area contributed by atoms with E-state index in [1.807, 2.05) is 6.07 Å². The lowest BCUT2D eigenvalue weighted by atomic mass is 10.1. The molecule has 6 heteroatoms. The Morgan fingerprint density at radius 1 is 1.16 bits per heavy atom. The van der Waals surface area contributed by atoms with Crippen molar-refractivity contribution in [2.45, 2.75) is 13.0 Å². The number of rotatable bonds is 4. The van der Waals surface area contributed by atoms with Crippen molar-refractivity contribution >= 4 is 70.7 Å². The SMILES string of the molecule is CCNC(c1cc(Br)cc(Br)c1)c1cc(Br)c(Cl)s1. The molecule has 1 unspecified atom stereocenters. The van der Waals surface area contributed by atoms with Gasteiger partial charge in [-0.15, -0.1) is 11.3 Å². The molecule has 1 atom stereocenters. The van der Waals surface area contributed by atoms with E-state index in [4.69, 9.17) is 11.6 Å². The summed E-state index contributed by atoms with van der Waals surface area (Å²) in [6.45, 7) is 2.99. The standard InChI is InChI=1S/C13H11Br3ClNS/c1-2-18-12(11-6-10(16)13(17)19-11)7-3-8(14)5-9(15)4-7/h3-6,12,18H,2H2,1H3. The third-order valence-electron chi connectivity index (χ3n) is 2.58. The van der Waals surface area contributed by atoms with Gasteiger partial charge in [-0.2, -0.15) is 0 Å². The van der Waals surface area contributed by atoms with Crippen LogP contribution in [0.15, 0.2) is 37.7 Å². The van der Waals surface area contributed by atoms with E-state index < -0.39 is 0 Å². The van der Waals surface area contributed by atoms with Crippen LogP contribution in [0.4, 0.5) is 0 Å². The van der Waals surface area contributed by atoms with Gasteiger partial charge in [-0.1, -0.05) is 50.4 Å². The van der Waals surface area contributed by atoms with Crippen molar-refractivity contribution < 1.29 is 0 Å². The maximum absolute atomic E-state index is 6.15. The first-order chi connectivity index (χ1) is 9.01. The van der Waals surface area contributed by atoms with Crippen LogP contribution in [0.5, 0.6) is 0 Å². The first-order valence-electron chi connectivity index (χ1n) is 5.65. The zero-order valence-corrected chi connectivity index (χ0v) is 16.3. The first kappa shape index (κ1) is 16.0. The molecule has 0 spiro atoms. The Kier molecular flexibility index (Phi) is 5.93. The fourth-order valence-corrected chi connectivity index (χ4v) is 5.00. The minimum Gasteiger partial charge on any atom is -0.306 e. The maximum Gasteiger partial charge on any atom is 0.107 e. The fourth-order valence-electron chi connectivity index (χ4n) is 1.83. The smallest absolute Gasteiger partial charge is 0.107 e. The van der Waals surface area contributed by atoms with Gasteiger partial charge in [0.1, 0.15) is 4.34 Å². The molecule has 1 aromatic carbocycles. The summed E-state index contributed by atoms with van der Waals surface area (Å²) in [5, 5.41) is 3.50. The van der Waals surface area contributed by atoms with E-state index in [9.17, 15) is 0 Å². The average Bonchev–Trinajstić information content (AvgIpc) is 2.65. The van der Waals surface area contributed by atoms with E-state index in [0.29, 0.717) is 0 Å². The largest absolute Gasteiger partial charge is 0.306 e. The van der Waals surface area contributed by atoms with Gasteiger partial charge in [0.15, 0.2) is 0 Å². The van der Waals surface area contributed by atoms with Crippen molar-refractivity contribution in [1.29, 1.82) is 0 Å². The Morgan fingerprint density at radius 3 is 2.26 bits per heavy atom. The summed E-state index contributed by atoms with van der Waals surface area (Å²) in [5.74, 6) is 0. The molecule has 0 aliphatic rings. The number of nitrogens with one attached hydrogen (secondary N) is 1. The summed E-state index contributed by atoms with van der Waals surface area (Å²) in [6, 6.07) is 8.51. The van der Waals surface area contributed by atoms with Gasteiger partial charge in [-0.3, -0.25) is 0 Å². The Balaban J connectivity index is 2.44. The monoisotopic (exact) mass is 485 g/mol. The molecule has 0 aliphatic carbocycles. The van der Waals surface area contributed by atoms with Crippen LogP contribution in [0.3, 0.4) is 0 Å². The summed E-state index contributed by atoms with van der Waals surface area (Å²) in [5.41, 5.74) is 1.20. The van der Waals surface area contributed by atoms with Crippen LogP contribution in [-0.2, 0) is 0 Å². The second-order valence-corrected chi connectivity index (χ2v) is 8.34. The molecule has 0 saturated heterocycles. The first-order valence-corrected chi connectivity index (χ1v) is 9.22. The Labute approximate surface area is 147 Å². The summed E-state index contributed by atoms with van der Waals surface area (Å²) < 4.78 is 3.85. The van der Waals surface area contributed by atoms with Gasteiger partial charge in [0, 0.05) is 18.3 Å². The van der Waals surface area contributed by atoms with Crippen molar-refractivity contribution in [2.75, 3.05) is 6.54 Å². The van der Waals surface area contributed by atoms with Crippen molar-refractivity contribution in [2.24, 2.45) is 0 Å². The van der Waals surface area contributed by atoms with E-state index in [1.54, 1.807) is 11.3 Å².